The molecule has 3 aliphatic heterocycles. The number of rotatable bonds is 3. The van der Waals surface area contributed by atoms with Crippen LogP contribution in [0.4, 0.5) is 5.69 Å². The molecule has 0 radical (unpaired) electrons. The lowest BCUT2D eigenvalue weighted by Gasteiger charge is -2.39. The van der Waals surface area contributed by atoms with E-state index in [-0.39, 0.29) is 5.79 Å². The molecule has 0 saturated carbocycles. The SMILES string of the molecule is c1ccc(N2CCOCC2)c(CN2CCCC3(C2)OCCO3)c1. The molecule has 0 amide bonds. The Morgan fingerprint density at radius 3 is 2.57 bits per heavy atom. The van der Waals surface area contributed by atoms with Gasteiger partial charge in [0, 0.05) is 31.7 Å². The Morgan fingerprint density at radius 1 is 0.957 bits per heavy atom. The first-order chi connectivity index (χ1) is 11.3. The van der Waals surface area contributed by atoms with Gasteiger partial charge in [0.25, 0.3) is 0 Å². The van der Waals surface area contributed by atoms with Crippen molar-refractivity contribution in [1.29, 1.82) is 0 Å². The summed E-state index contributed by atoms with van der Waals surface area (Å²) >= 11 is 0. The van der Waals surface area contributed by atoms with Gasteiger partial charge in [-0.15, -0.1) is 0 Å². The molecule has 5 nitrogen and oxygen atoms in total. The first kappa shape index (κ1) is 15.4. The van der Waals surface area contributed by atoms with Crippen molar-refractivity contribution in [1.82, 2.24) is 4.90 Å². The van der Waals surface area contributed by atoms with Crippen LogP contribution in [-0.4, -0.2) is 63.3 Å². The van der Waals surface area contributed by atoms with Crippen molar-refractivity contribution in [3.8, 4) is 0 Å². The van der Waals surface area contributed by atoms with E-state index in [1.54, 1.807) is 0 Å². The highest BCUT2D eigenvalue weighted by molar-refractivity contribution is 5.53. The van der Waals surface area contributed by atoms with E-state index in [0.29, 0.717) is 0 Å². The topological polar surface area (TPSA) is 34.2 Å². The van der Waals surface area contributed by atoms with Crippen molar-refractivity contribution < 1.29 is 14.2 Å². The van der Waals surface area contributed by atoms with E-state index >= 15 is 0 Å². The maximum absolute atomic E-state index is 5.91. The molecule has 3 fully saturated rings. The average molecular weight is 318 g/mol. The lowest BCUT2D eigenvalue weighted by atomic mass is 10.0. The third-order valence-corrected chi connectivity index (χ3v) is 5.05. The maximum Gasteiger partial charge on any atom is 0.181 e. The van der Waals surface area contributed by atoms with Gasteiger partial charge >= 0.3 is 0 Å². The molecule has 0 aliphatic carbocycles. The van der Waals surface area contributed by atoms with E-state index in [9.17, 15) is 0 Å². The third-order valence-electron chi connectivity index (χ3n) is 5.05. The summed E-state index contributed by atoms with van der Waals surface area (Å²) in [7, 11) is 0. The number of anilines is 1. The average Bonchev–Trinajstić information content (AvgIpc) is 3.04. The molecule has 1 spiro atoms. The monoisotopic (exact) mass is 318 g/mol. The zero-order chi connectivity index (χ0) is 15.5. The van der Waals surface area contributed by atoms with Gasteiger partial charge in [-0.3, -0.25) is 4.90 Å². The molecular weight excluding hydrogens is 292 g/mol. The summed E-state index contributed by atoms with van der Waals surface area (Å²) in [5.41, 5.74) is 2.74. The highest BCUT2D eigenvalue weighted by atomic mass is 16.7. The highest BCUT2D eigenvalue weighted by Gasteiger charge is 2.40. The van der Waals surface area contributed by atoms with Crippen LogP contribution in [0.1, 0.15) is 18.4 Å². The molecule has 3 aliphatic rings. The van der Waals surface area contributed by atoms with Crippen molar-refractivity contribution >= 4 is 5.69 Å². The minimum Gasteiger partial charge on any atom is -0.378 e. The van der Waals surface area contributed by atoms with Crippen LogP contribution < -0.4 is 4.90 Å². The van der Waals surface area contributed by atoms with Crippen molar-refractivity contribution in [2.75, 3.05) is 57.5 Å². The standard InChI is InChI=1S/C18H26N2O3/c1-2-5-17(20-8-10-21-11-9-20)16(4-1)14-19-7-3-6-18(15-19)22-12-13-23-18/h1-2,4-5H,3,6-15H2. The summed E-state index contributed by atoms with van der Waals surface area (Å²) in [5, 5.41) is 0. The summed E-state index contributed by atoms with van der Waals surface area (Å²) in [5.74, 6) is -0.341. The number of nitrogens with zero attached hydrogens (tertiary/aromatic N) is 2. The van der Waals surface area contributed by atoms with Crippen LogP contribution in [0.5, 0.6) is 0 Å². The van der Waals surface area contributed by atoms with Crippen molar-refractivity contribution in [3.63, 3.8) is 0 Å². The molecule has 0 N–H and O–H groups in total. The number of benzene rings is 1. The van der Waals surface area contributed by atoms with E-state index in [0.717, 1.165) is 72.0 Å². The summed E-state index contributed by atoms with van der Waals surface area (Å²) in [4.78, 5) is 4.93. The van der Waals surface area contributed by atoms with Gasteiger partial charge in [-0.2, -0.15) is 0 Å². The molecule has 3 saturated heterocycles. The van der Waals surface area contributed by atoms with Crippen LogP contribution in [-0.2, 0) is 20.8 Å². The Kier molecular flexibility index (Phi) is 4.53. The van der Waals surface area contributed by atoms with Crippen LogP contribution in [0.2, 0.25) is 0 Å². The fourth-order valence-electron chi connectivity index (χ4n) is 3.94. The van der Waals surface area contributed by atoms with Gasteiger partial charge in [0.1, 0.15) is 0 Å². The minimum atomic E-state index is -0.341. The number of ether oxygens (including phenoxy) is 3. The first-order valence-corrected chi connectivity index (χ1v) is 8.76. The second-order valence-electron chi connectivity index (χ2n) is 6.65. The number of hydrogen-bond donors (Lipinski definition) is 0. The summed E-state index contributed by atoms with van der Waals surface area (Å²) < 4.78 is 17.3. The van der Waals surface area contributed by atoms with Crippen molar-refractivity contribution in [2.24, 2.45) is 0 Å². The molecule has 3 heterocycles. The number of morpholine rings is 1. The van der Waals surface area contributed by atoms with Gasteiger partial charge in [-0.25, -0.2) is 0 Å². The van der Waals surface area contributed by atoms with Crippen molar-refractivity contribution in [2.45, 2.75) is 25.2 Å². The quantitative estimate of drug-likeness (QED) is 0.850. The van der Waals surface area contributed by atoms with Crippen LogP contribution in [0.25, 0.3) is 0 Å². The van der Waals surface area contributed by atoms with E-state index in [1.165, 1.54) is 11.3 Å². The number of piperidine rings is 1. The fourth-order valence-corrected chi connectivity index (χ4v) is 3.94. The molecule has 1 aromatic rings. The van der Waals surface area contributed by atoms with Crippen LogP contribution in [0.3, 0.4) is 0 Å². The molecule has 0 atom stereocenters. The third kappa shape index (κ3) is 3.38. The molecule has 23 heavy (non-hydrogen) atoms. The molecule has 1 aromatic carbocycles. The zero-order valence-electron chi connectivity index (χ0n) is 13.7. The van der Waals surface area contributed by atoms with E-state index in [4.69, 9.17) is 14.2 Å². The molecule has 0 bridgehead atoms. The van der Waals surface area contributed by atoms with Gasteiger partial charge in [-0.1, -0.05) is 18.2 Å². The Balaban J connectivity index is 1.48. The molecule has 5 heteroatoms. The number of para-hydroxylation sites is 1. The predicted octanol–water partition coefficient (Wildman–Crippen LogP) is 1.86. The summed E-state index contributed by atoms with van der Waals surface area (Å²) in [6, 6.07) is 8.77. The second kappa shape index (κ2) is 6.77. The van der Waals surface area contributed by atoms with Crippen molar-refractivity contribution in [3.05, 3.63) is 29.8 Å². The van der Waals surface area contributed by atoms with E-state index < -0.39 is 0 Å². The highest BCUT2D eigenvalue weighted by Crippen LogP contribution is 2.32. The molecule has 126 valence electrons. The second-order valence-corrected chi connectivity index (χ2v) is 6.65. The summed E-state index contributed by atoms with van der Waals surface area (Å²) in [6.07, 6.45) is 2.16. The molecular formula is C18H26N2O3. The molecule has 0 aromatic heterocycles. The van der Waals surface area contributed by atoms with Gasteiger partial charge < -0.3 is 19.1 Å². The smallest absolute Gasteiger partial charge is 0.181 e. The lowest BCUT2D eigenvalue weighted by Crippen LogP contribution is -2.48. The number of likely N-dealkylation sites (tertiary alicyclic amines) is 1. The fraction of sp³-hybridized carbons (Fsp3) is 0.667. The van der Waals surface area contributed by atoms with Gasteiger partial charge in [0.2, 0.25) is 0 Å². The largest absolute Gasteiger partial charge is 0.378 e. The van der Waals surface area contributed by atoms with Crippen LogP contribution in [0.15, 0.2) is 24.3 Å². The normalized spacial score (nSPS) is 25.1. The van der Waals surface area contributed by atoms with Crippen LogP contribution in [0, 0.1) is 0 Å². The zero-order valence-corrected chi connectivity index (χ0v) is 13.7. The Hall–Kier alpha value is -1.14. The molecule has 4 rings (SSSR count). The predicted molar refractivity (Wildman–Crippen MR) is 88.6 cm³/mol. The van der Waals surface area contributed by atoms with Gasteiger partial charge in [-0.05, 0) is 24.6 Å². The Morgan fingerprint density at radius 2 is 1.74 bits per heavy atom. The summed E-state index contributed by atoms with van der Waals surface area (Å²) in [6.45, 7) is 8.03. The molecule has 0 unspecified atom stereocenters. The van der Waals surface area contributed by atoms with Gasteiger partial charge in [0.15, 0.2) is 5.79 Å². The first-order valence-electron chi connectivity index (χ1n) is 8.76. The number of hydrogen-bond acceptors (Lipinski definition) is 5. The minimum absolute atomic E-state index is 0.341. The van der Waals surface area contributed by atoms with Gasteiger partial charge in [0.05, 0.1) is 33.0 Å². The maximum atomic E-state index is 5.91. The van der Waals surface area contributed by atoms with E-state index in [1.807, 2.05) is 0 Å². The Labute approximate surface area is 138 Å². The van der Waals surface area contributed by atoms with Crippen LogP contribution >= 0.6 is 0 Å². The van der Waals surface area contributed by atoms with E-state index in [2.05, 4.69) is 34.1 Å². The Bertz CT molecular complexity index is 525. The lowest BCUT2D eigenvalue weighted by molar-refractivity contribution is -0.190.